The highest BCUT2D eigenvalue weighted by Gasteiger charge is 2.18. The van der Waals surface area contributed by atoms with Crippen LogP contribution in [-0.2, 0) is 6.37 Å². The Balaban J connectivity index is 1.22. The van der Waals surface area contributed by atoms with Crippen LogP contribution in [0.25, 0.3) is 82.4 Å². The second-order valence-electron chi connectivity index (χ2n) is 11.8. The molecule has 0 bridgehead atoms. The van der Waals surface area contributed by atoms with E-state index < -0.39 is 13.2 Å². The van der Waals surface area contributed by atoms with Gasteiger partial charge in [0.2, 0.25) is 0 Å². The largest absolute Gasteiger partial charge is 0.296 e. The summed E-state index contributed by atoms with van der Waals surface area (Å²) in [6.07, 6.45) is 0.978. The van der Waals surface area contributed by atoms with Crippen LogP contribution < -0.4 is 0 Å². The highest BCUT2D eigenvalue weighted by molar-refractivity contribution is 6.21. The van der Waals surface area contributed by atoms with Crippen LogP contribution in [0.2, 0.25) is 0 Å². The number of para-hydroxylation sites is 2. The highest BCUT2D eigenvalue weighted by Crippen LogP contribution is 2.44. The first-order chi connectivity index (χ1) is 25.2. The van der Waals surface area contributed by atoms with E-state index in [4.69, 9.17) is 6.85 Å². The molecule has 222 valence electrons. The van der Waals surface area contributed by atoms with Crippen LogP contribution >= 0.6 is 0 Å². The first-order valence-corrected chi connectivity index (χ1v) is 15.7. The molecular formula is C44H31N3. The lowest BCUT2D eigenvalue weighted by atomic mass is 9.85. The molecule has 0 spiro atoms. The molecule has 0 unspecified atom stereocenters. The molecule has 9 rings (SSSR count). The van der Waals surface area contributed by atoms with Crippen molar-refractivity contribution in [3.8, 4) is 39.1 Å². The van der Waals surface area contributed by atoms with Crippen LogP contribution in [0.1, 0.15) is 19.5 Å². The lowest BCUT2D eigenvalue weighted by Gasteiger charge is -2.18. The number of aromatic nitrogens is 3. The molecule has 47 heavy (non-hydrogen) atoms. The van der Waals surface area contributed by atoms with E-state index >= 15 is 0 Å². The normalized spacial score (nSPS) is 13.7. The SMILES string of the molecule is [2H]C([2H])([2H])C([2H])([2H])c1nc2ccccc2n1-c1ccc2cc(-c3c4ccccc4c(-c4cccc(-c5ccncc5)c4)c4ccccc34)ccc2c1. The molecule has 0 N–H and O–H groups in total. The van der Waals surface area contributed by atoms with Gasteiger partial charge in [0.25, 0.3) is 0 Å². The number of hydrogen-bond donors (Lipinski definition) is 0. The van der Waals surface area contributed by atoms with Crippen molar-refractivity contribution in [3.05, 3.63) is 164 Å². The van der Waals surface area contributed by atoms with Gasteiger partial charge >= 0.3 is 0 Å². The zero-order valence-corrected chi connectivity index (χ0v) is 25.4. The van der Waals surface area contributed by atoms with E-state index in [0.717, 1.165) is 49.4 Å². The number of fused-ring (bicyclic) bond motifs is 4. The van der Waals surface area contributed by atoms with Crippen molar-refractivity contribution in [2.75, 3.05) is 0 Å². The van der Waals surface area contributed by atoms with Crippen molar-refractivity contribution < 1.29 is 6.85 Å². The smallest absolute Gasteiger partial charge is 0.114 e. The summed E-state index contributed by atoms with van der Waals surface area (Å²) in [6.45, 7) is -2.90. The lowest BCUT2D eigenvalue weighted by molar-refractivity contribution is 0.909. The fraction of sp³-hybridized carbons (Fsp3) is 0.0455. The third kappa shape index (κ3) is 4.51. The minimum atomic E-state index is -2.90. The molecule has 3 nitrogen and oxygen atoms in total. The van der Waals surface area contributed by atoms with Gasteiger partial charge < -0.3 is 0 Å². The van der Waals surface area contributed by atoms with Gasteiger partial charge in [-0.25, -0.2) is 4.98 Å². The average molecular weight is 607 g/mol. The Labute approximate surface area is 280 Å². The summed E-state index contributed by atoms with van der Waals surface area (Å²) < 4.78 is 42.7. The van der Waals surface area contributed by atoms with Crippen molar-refractivity contribution in [3.63, 3.8) is 0 Å². The second kappa shape index (κ2) is 11.1. The monoisotopic (exact) mass is 606 g/mol. The molecule has 3 heteroatoms. The van der Waals surface area contributed by atoms with Crippen molar-refractivity contribution in [1.82, 2.24) is 14.5 Å². The summed E-state index contributed by atoms with van der Waals surface area (Å²) in [4.78, 5) is 8.70. The lowest BCUT2D eigenvalue weighted by Crippen LogP contribution is -2.00. The first-order valence-electron chi connectivity index (χ1n) is 18.2. The zero-order valence-electron chi connectivity index (χ0n) is 30.4. The topological polar surface area (TPSA) is 30.7 Å². The van der Waals surface area contributed by atoms with Gasteiger partial charge in [0.05, 0.1) is 11.0 Å². The molecule has 2 aromatic heterocycles. The van der Waals surface area contributed by atoms with Crippen LogP contribution in [0.4, 0.5) is 0 Å². The summed E-state index contributed by atoms with van der Waals surface area (Å²) in [7, 11) is 0. The van der Waals surface area contributed by atoms with Gasteiger partial charge in [-0.3, -0.25) is 9.55 Å². The maximum Gasteiger partial charge on any atom is 0.114 e. The molecule has 0 saturated carbocycles. The van der Waals surface area contributed by atoms with Gasteiger partial charge in [-0.2, -0.15) is 0 Å². The number of nitrogens with zero attached hydrogens (tertiary/aromatic N) is 3. The number of pyridine rings is 1. The van der Waals surface area contributed by atoms with Gasteiger partial charge in [-0.1, -0.05) is 104 Å². The predicted molar refractivity (Wildman–Crippen MR) is 197 cm³/mol. The van der Waals surface area contributed by atoms with Crippen molar-refractivity contribution in [2.24, 2.45) is 0 Å². The predicted octanol–water partition coefficient (Wildman–Crippen LogP) is 11.4. The van der Waals surface area contributed by atoms with Gasteiger partial charge in [0.1, 0.15) is 5.82 Å². The number of imidazole rings is 1. The Kier molecular flexibility index (Phi) is 5.29. The van der Waals surface area contributed by atoms with Crippen LogP contribution in [0, 0.1) is 0 Å². The van der Waals surface area contributed by atoms with Crippen LogP contribution in [0.5, 0.6) is 0 Å². The van der Waals surface area contributed by atoms with Gasteiger partial charge in [-0.15, -0.1) is 0 Å². The molecule has 0 radical (unpaired) electrons. The molecule has 0 aliphatic heterocycles. The Bertz CT molecular complexity index is 2760. The molecule has 0 saturated heterocycles. The maximum atomic E-state index is 8.60. The fourth-order valence-electron chi connectivity index (χ4n) is 7.05. The highest BCUT2D eigenvalue weighted by atomic mass is 15.1. The molecule has 9 aromatic rings. The van der Waals surface area contributed by atoms with E-state index in [1.807, 2.05) is 60.9 Å². The summed E-state index contributed by atoms with van der Waals surface area (Å²) in [5.41, 5.74) is 8.65. The Morgan fingerprint density at radius 1 is 0.553 bits per heavy atom. The summed E-state index contributed by atoms with van der Waals surface area (Å²) in [5.74, 6) is -0.144. The van der Waals surface area contributed by atoms with Crippen molar-refractivity contribution in [2.45, 2.75) is 13.2 Å². The quantitative estimate of drug-likeness (QED) is 0.183. The number of benzene rings is 7. The van der Waals surface area contributed by atoms with Gasteiger partial charge in [0, 0.05) is 31.3 Å². The molecule has 0 aliphatic carbocycles. The van der Waals surface area contributed by atoms with Crippen molar-refractivity contribution >= 4 is 43.4 Å². The Morgan fingerprint density at radius 2 is 1.17 bits per heavy atom. The molecule has 7 aromatic carbocycles. The minimum absolute atomic E-state index is 0.144. The molecule has 2 heterocycles. The van der Waals surface area contributed by atoms with E-state index in [2.05, 4.69) is 101 Å². The number of hydrogen-bond acceptors (Lipinski definition) is 2. The summed E-state index contributed by atoms with van der Waals surface area (Å²) >= 11 is 0. The molecule has 0 fully saturated rings. The zero-order chi connectivity index (χ0) is 35.6. The molecular weight excluding hydrogens is 571 g/mol. The fourth-order valence-corrected chi connectivity index (χ4v) is 7.05. The van der Waals surface area contributed by atoms with Crippen LogP contribution in [0.3, 0.4) is 0 Å². The Hall–Kier alpha value is -6.06. The summed E-state index contributed by atoms with van der Waals surface area (Å²) in [5, 5.41) is 6.60. The molecule has 0 atom stereocenters. The van der Waals surface area contributed by atoms with E-state index in [-0.39, 0.29) is 5.82 Å². The Morgan fingerprint density at radius 3 is 1.89 bits per heavy atom. The molecule has 0 aliphatic rings. The first kappa shape index (κ1) is 22.4. The molecule has 0 amide bonds. The number of aryl methyl sites for hydroxylation is 1. The van der Waals surface area contributed by atoms with Gasteiger partial charge in [-0.05, 0) is 114 Å². The maximum absolute atomic E-state index is 8.60. The second-order valence-corrected chi connectivity index (χ2v) is 11.8. The number of rotatable bonds is 5. The van der Waals surface area contributed by atoms with Crippen LogP contribution in [0.15, 0.2) is 158 Å². The third-order valence-corrected chi connectivity index (χ3v) is 9.14. The van der Waals surface area contributed by atoms with E-state index in [1.54, 1.807) is 10.6 Å². The third-order valence-electron chi connectivity index (χ3n) is 9.14. The summed E-state index contributed by atoms with van der Waals surface area (Å²) in [6, 6.07) is 49.6. The van der Waals surface area contributed by atoms with Gasteiger partial charge in [0.15, 0.2) is 0 Å². The van der Waals surface area contributed by atoms with Crippen LogP contribution in [-0.4, -0.2) is 14.5 Å². The standard InChI is InChI=1S/C44H31N3/c1-2-42-46-40-16-7-8-17-41(40)47(42)35-21-20-31-27-34(19-18-32(31)28-35)44-38-14-5-3-12-36(38)43(37-13-4-6-15-39(37)44)33-11-9-10-30(26-33)29-22-24-45-25-23-29/h3-28H,2H2,1H3/i1D3,2D2. The average Bonchev–Trinajstić information content (AvgIpc) is 3.57. The van der Waals surface area contributed by atoms with E-state index in [1.165, 1.54) is 16.3 Å². The minimum Gasteiger partial charge on any atom is -0.296 e. The van der Waals surface area contributed by atoms with E-state index in [0.29, 0.717) is 16.7 Å². The van der Waals surface area contributed by atoms with Crippen molar-refractivity contribution in [1.29, 1.82) is 0 Å². The van der Waals surface area contributed by atoms with E-state index in [9.17, 15) is 0 Å².